The minimum Gasteiger partial charge on any atom is -0.507 e. The van der Waals surface area contributed by atoms with Crippen LogP contribution in [-0.4, -0.2) is 29.4 Å². The molecular weight excluding hydrogens is 262 g/mol. The summed E-state index contributed by atoms with van der Waals surface area (Å²) < 4.78 is 0. The van der Waals surface area contributed by atoms with Crippen LogP contribution in [0.5, 0.6) is 5.75 Å². The minimum atomic E-state index is -0.181. The summed E-state index contributed by atoms with van der Waals surface area (Å²) in [7, 11) is 1.99. The van der Waals surface area contributed by atoms with E-state index in [2.05, 4.69) is 25.7 Å². The van der Waals surface area contributed by atoms with Gasteiger partial charge in [-0.25, -0.2) is 0 Å². The molecule has 1 aromatic rings. The molecule has 0 fully saturated rings. The molecule has 3 nitrogen and oxygen atoms in total. The fraction of sp³-hybridized carbons (Fsp3) is 0.533. The van der Waals surface area contributed by atoms with E-state index in [1.807, 2.05) is 7.05 Å². The second-order valence-corrected chi connectivity index (χ2v) is 6.69. The largest absolute Gasteiger partial charge is 0.507 e. The van der Waals surface area contributed by atoms with Crippen molar-refractivity contribution < 1.29 is 9.90 Å². The van der Waals surface area contributed by atoms with E-state index in [-0.39, 0.29) is 22.5 Å². The number of ketones is 1. The van der Waals surface area contributed by atoms with Gasteiger partial charge in [0.15, 0.2) is 5.78 Å². The fourth-order valence-corrected chi connectivity index (χ4v) is 2.44. The molecule has 0 aliphatic rings. The zero-order valence-corrected chi connectivity index (χ0v) is 13.0. The molecule has 0 heterocycles. The highest BCUT2D eigenvalue weighted by Crippen LogP contribution is 2.29. The number of carbonyl (C=O) groups excluding carboxylic acids is 1. The Balaban J connectivity index is 2.98. The molecule has 0 spiro atoms. The molecule has 0 radical (unpaired) electrons. The number of hydrogen-bond donors (Lipinski definition) is 1. The summed E-state index contributed by atoms with van der Waals surface area (Å²) in [6.07, 6.45) is 0. The number of aromatic hydroxyl groups is 1. The van der Waals surface area contributed by atoms with E-state index in [1.165, 1.54) is 13.0 Å². The summed E-state index contributed by atoms with van der Waals surface area (Å²) >= 11 is 6.00. The smallest absolute Gasteiger partial charge is 0.163 e. The van der Waals surface area contributed by atoms with Gasteiger partial charge in [-0.05, 0) is 31.5 Å². The molecule has 106 valence electrons. The van der Waals surface area contributed by atoms with Crippen LogP contribution in [-0.2, 0) is 6.54 Å². The first-order valence-electron chi connectivity index (χ1n) is 6.31. The SMILES string of the molecule is CC(=O)c1cc(Cl)cc(CN(C)CC(C)(C)C)c1O. The highest BCUT2D eigenvalue weighted by Gasteiger charge is 2.17. The molecule has 0 aromatic heterocycles. The second-order valence-electron chi connectivity index (χ2n) is 6.25. The summed E-state index contributed by atoms with van der Waals surface area (Å²) in [5.74, 6) is -0.141. The molecule has 0 aliphatic carbocycles. The van der Waals surface area contributed by atoms with Crippen LogP contribution in [0, 0.1) is 5.41 Å². The fourth-order valence-electron chi connectivity index (χ4n) is 2.20. The number of rotatable bonds is 4. The van der Waals surface area contributed by atoms with Gasteiger partial charge in [0.2, 0.25) is 0 Å². The average Bonchev–Trinajstić information content (AvgIpc) is 2.19. The molecule has 0 bridgehead atoms. The van der Waals surface area contributed by atoms with Crippen LogP contribution in [0.2, 0.25) is 5.02 Å². The van der Waals surface area contributed by atoms with Gasteiger partial charge >= 0.3 is 0 Å². The number of phenolic OH excluding ortho intramolecular Hbond substituents is 1. The van der Waals surface area contributed by atoms with Crippen molar-refractivity contribution in [3.05, 3.63) is 28.3 Å². The van der Waals surface area contributed by atoms with Crippen LogP contribution in [0.1, 0.15) is 43.6 Å². The van der Waals surface area contributed by atoms with Crippen molar-refractivity contribution in [2.75, 3.05) is 13.6 Å². The lowest BCUT2D eigenvalue weighted by Gasteiger charge is -2.27. The molecule has 4 heteroatoms. The first-order chi connectivity index (χ1) is 8.60. The Morgan fingerprint density at radius 2 is 1.95 bits per heavy atom. The number of nitrogens with zero attached hydrogens (tertiary/aromatic N) is 1. The van der Waals surface area contributed by atoms with Gasteiger partial charge in [0.25, 0.3) is 0 Å². The number of hydrogen-bond acceptors (Lipinski definition) is 3. The maximum absolute atomic E-state index is 11.5. The summed E-state index contributed by atoms with van der Waals surface area (Å²) in [5, 5.41) is 10.6. The van der Waals surface area contributed by atoms with Gasteiger partial charge in [-0.1, -0.05) is 32.4 Å². The van der Waals surface area contributed by atoms with E-state index in [0.29, 0.717) is 17.1 Å². The maximum Gasteiger partial charge on any atom is 0.163 e. The van der Waals surface area contributed by atoms with Gasteiger partial charge in [0.05, 0.1) is 5.56 Å². The quantitative estimate of drug-likeness (QED) is 0.856. The molecule has 0 atom stereocenters. The molecule has 1 rings (SSSR count). The highest BCUT2D eigenvalue weighted by atomic mass is 35.5. The predicted octanol–water partition coefficient (Wildman–Crippen LogP) is 3.73. The van der Waals surface area contributed by atoms with Crippen LogP contribution >= 0.6 is 11.6 Å². The summed E-state index contributed by atoms with van der Waals surface area (Å²) in [4.78, 5) is 13.6. The van der Waals surface area contributed by atoms with Crippen molar-refractivity contribution in [1.29, 1.82) is 0 Å². The van der Waals surface area contributed by atoms with E-state index in [9.17, 15) is 9.90 Å². The molecule has 0 unspecified atom stereocenters. The summed E-state index contributed by atoms with van der Waals surface area (Å²) in [5.41, 5.74) is 1.14. The molecule has 0 saturated heterocycles. The zero-order chi connectivity index (χ0) is 14.8. The monoisotopic (exact) mass is 283 g/mol. The van der Waals surface area contributed by atoms with Crippen LogP contribution in [0.15, 0.2) is 12.1 Å². The van der Waals surface area contributed by atoms with Crippen LogP contribution in [0.25, 0.3) is 0 Å². The van der Waals surface area contributed by atoms with E-state index >= 15 is 0 Å². The van der Waals surface area contributed by atoms with E-state index in [0.717, 1.165) is 6.54 Å². The summed E-state index contributed by atoms with van der Waals surface area (Å²) in [6, 6.07) is 3.22. The van der Waals surface area contributed by atoms with Crippen molar-refractivity contribution in [1.82, 2.24) is 4.90 Å². The first-order valence-corrected chi connectivity index (χ1v) is 6.69. The van der Waals surface area contributed by atoms with Crippen molar-refractivity contribution in [3.63, 3.8) is 0 Å². The van der Waals surface area contributed by atoms with Crippen molar-refractivity contribution >= 4 is 17.4 Å². The zero-order valence-electron chi connectivity index (χ0n) is 12.2. The molecule has 0 amide bonds. The molecular formula is C15H22ClNO2. The van der Waals surface area contributed by atoms with Crippen molar-refractivity contribution in [3.8, 4) is 5.75 Å². The Morgan fingerprint density at radius 1 is 1.37 bits per heavy atom. The van der Waals surface area contributed by atoms with E-state index in [4.69, 9.17) is 11.6 Å². The predicted molar refractivity (Wildman–Crippen MR) is 78.9 cm³/mol. The Hall–Kier alpha value is -1.06. The van der Waals surface area contributed by atoms with Crippen LogP contribution in [0.3, 0.4) is 0 Å². The van der Waals surface area contributed by atoms with Crippen LogP contribution in [0.4, 0.5) is 0 Å². The Kier molecular flexibility index (Phi) is 4.99. The minimum absolute atomic E-state index is 0.0395. The third kappa shape index (κ3) is 4.84. The Labute approximate surface area is 120 Å². The number of Topliss-reactive ketones (excluding diaryl/α,β-unsaturated/α-hetero) is 1. The molecule has 19 heavy (non-hydrogen) atoms. The third-order valence-electron chi connectivity index (χ3n) is 2.72. The van der Waals surface area contributed by atoms with Crippen LogP contribution < -0.4 is 0 Å². The van der Waals surface area contributed by atoms with Gasteiger partial charge in [-0.15, -0.1) is 0 Å². The summed E-state index contributed by atoms with van der Waals surface area (Å²) in [6.45, 7) is 9.33. The molecule has 1 N–H and O–H groups in total. The number of carbonyl (C=O) groups is 1. The Bertz CT molecular complexity index is 478. The van der Waals surface area contributed by atoms with Gasteiger partial charge in [-0.2, -0.15) is 0 Å². The van der Waals surface area contributed by atoms with E-state index in [1.54, 1.807) is 6.07 Å². The number of benzene rings is 1. The standard InChI is InChI=1S/C15H22ClNO2/c1-10(18)13-7-12(16)6-11(14(13)19)8-17(5)9-15(2,3)4/h6-7,19H,8-9H2,1-5H3. The van der Waals surface area contributed by atoms with Gasteiger partial charge < -0.3 is 10.0 Å². The topological polar surface area (TPSA) is 40.5 Å². The normalized spacial score (nSPS) is 11.9. The lowest BCUT2D eigenvalue weighted by atomic mass is 9.96. The van der Waals surface area contributed by atoms with Crippen molar-refractivity contribution in [2.24, 2.45) is 5.41 Å². The second kappa shape index (κ2) is 5.93. The lowest BCUT2D eigenvalue weighted by Crippen LogP contribution is -2.29. The molecule has 0 aliphatic heterocycles. The van der Waals surface area contributed by atoms with Crippen molar-refractivity contribution in [2.45, 2.75) is 34.2 Å². The highest BCUT2D eigenvalue weighted by molar-refractivity contribution is 6.31. The first kappa shape index (κ1) is 16.0. The number of phenols is 1. The third-order valence-corrected chi connectivity index (χ3v) is 2.94. The van der Waals surface area contributed by atoms with Gasteiger partial charge in [0.1, 0.15) is 5.75 Å². The Morgan fingerprint density at radius 3 is 2.42 bits per heavy atom. The van der Waals surface area contributed by atoms with Gasteiger partial charge in [-0.3, -0.25) is 4.79 Å². The molecule has 0 saturated carbocycles. The number of halogens is 1. The van der Waals surface area contributed by atoms with E-state index < -0.39 is 0 Å². The maximum atomic E-state index is 11.5. The van der Waals surface area contributed by atoms with Gasteiger partial charge in [0, 0.05) is 23.7 Å². The molecule has 1 aromatic carbocycles. The average molecular weight is 284 g/mol. The lowest BCUT2D eigenvalue weighted by molar-refractivity contribution is 0.101.